The zero-order valence-electron chi connectivity index (χ0n) is 10.5. The number of rotatable bonds is 5. The maximum Gasteiger partial charge on any atom is 0.416 e. The fourth-order valence-electron chi connectivity index (χ4n) is 1.68. The second kappa shape index (κ2) is 7.40. The van der Waals surface area contributed by atoms with Crippen molar-refractivity contribution in [2.45, 2.75) is 25.1 Å². The molecule has 19 heavy (non-hydrogen) atoms. The molecule has 1 aromatic carbocycles. The molecule has 0 aromatic heterocycles. The summed E-state index contributed by atoms with van der Waals surface area (Å²) in [5, 5.41) is 0. The van der Waals surface area contributed by atoms with Gasteiger partial charge in [0.05, 0.1) is 12.7 Å². The van der Waals surface area contributed by atoms with E-state index in [4.69, 9.17) is 10.5 Å². The Balaban J connectivity index is 0.00000324. The number of hydrogen-bond donors (Lipinski definition) is 1. The maximum absolute atomic E-state index is 12.9. The number of ether oxygens (including phenoxy) is 1. The van der Waals surface area contributed by atoms with Crippen molar-refractivity contribution in [1.29, 1.82) is 0 Å². The average Bonchev–Trinajstić information content (AvgIpc) is 2.34. The van der Waals surface area contributed by atoms with Crippen molar-refractivity contribution in [2.75, 3.05) is 7.11 Å². The molecule has 0 bridgehead atoms. The maximum atomic E-state index is 12.9. The third kappa shape index (κ3) is 4.76. The monoisotopic (exact) mass is 295 g/mol. The number of methoxy groups -OCH3 is 1. The third-order valence-electron chi connectivity index (χ3n) is 2.65. The van der Waals surface area contributed by atoms with Crippen LogP contribution in [0.5, 0.6) is 5.75 Å². The first-order valence-electron chi connectivity index (χ1n) is 5.51. The summed E-state index contributed by atoms with van der Waals surface area (Å²) in [4.78, 5) is 0. The van der Waals surface area contributed by atoms with Gasteiger partial charge >= 0.3 is 6.18 Å². The van der Waals surface area contributed by atoms with Gasteiger partial charge in [-0.3, -0.25) is 0 Å². The fourth-order valence-corrected chi connectivity index (χ4v) is 1.68. The van der Waals surface area contributed by atoms with Crippen LogP contribution in [0.15, 0.2) is 30.9 Å². The van der Waals surface area contributed by atoms with Crippen molar-refractivity contribution >= 4 is 12.4 Å². The molecule has 0 unspecified atom stereocenters. The van der Waals surface area contributed by atoms with Gasteiger partial charge in [-0.2, -0.15) is 13.2 Å². The highest BCUT2D eigenvalue weighted by molar-refractivity contribution is 5.85. The van der Waals surface area contributed by atoms with Crippen LogP contribution in [0.1, 0.15) is 30.0 Å². The molecule has 0 radical (unpaired) electrons. The highest BCUT2D eigenvalue weighted by Crippen LogP contribution is 2.37. The molecule has 0 aliphatic rings. The van der Waals surface area contributed by atoms with Gasteiger partial charge in [-0.1, -0.05) is 12.1 Å². The van der Waals surface area contributed by atoms with Crippen LogP contribution in [0.2, 0.25) is 0 Å². The fraction of sp³-hybridized carbons (Fsp3) is 0.385. The molecule has 0 aliphatic carbocycles. The standard InChI is InChI=1S/C13H16F3NO.ClH/c1-3-4-5-12(17)10-7-6-9(18-2)8-11(10)13(14,15)16;/h3,6-8,12H,1,4-5,17H2,2H3;1H/t12-;/m1./s1. The lowest BCUT2D eigenvalue weighted by atomic mass is 9.97. The number of alkyl halides is 3. The van der Waals surface area contributed by atoms with Crippen LogP contribution >= 0.6 is 12.4 Å². The van der Waals surface area contributed by atoms with Crippen LogP contribution in [0.4, 0.5) is 13.2 Å². The molecule has 0 fully saturated rings. The zero-order valence-corrected chi connectivity index (χ0v) is 11.4. The molecule has 1 rings (SSSR count). The number of benzene rings is 1. The predicted molar refractivity (Wildman–Crippen MR) is 71.6 cm³/mol. The van der Waals surface area contributed by atoms with E-state index < -0.39 is 17.8 Å². The third-order valence-corrected chi connectivity index (χ3v) is 2.65. The lowest BCUT2D eigenvalue weighted by Crippen LogP contribution is -2.17. The lowest BCUT2D eigenvalue weighted by Gasteiger charge is -2.18. The summed E-state index contributed by atoms with van der Waals surface area (Å²) in [5.74, 6) is 0.169. The van der Waals surface area contributed by atoms with Crippen LogP contribution in [0.25, 0.3) is 0 Å². The van der Waals surface area contributed by atoms with Crippen LogP contribution < -0.4 is 10.5 Å². The van der Waals surface area contributed by atoms with Crippen molar-refractivity contribution in [3.63, 3.8) is 0 Å². The number of hydrogen-bond acceptors (Lipinski definition) is 2. The molecule has 2 nitrogen and oxygen atoms in total. The molecule has 0 amide bonds. The minimum Gasteiger partial charge on any atom is -0.497 e. The Morgan fingerprint density at radius 1 is 1.42 bits per heavy atom. The Morgan fingerprint density at radius 2 is 2.05 bits per heavy atom. The first-order valence-corrected chi connectivity index (χ1v) is 5.51. The molecule has 1 aromatic rings. The van der Waals surface area contributed by atoms with E-state index in [1.807, 2.05) is 0 Å². The second-order valence-electron chi connectivity index (χ2n) is 3.92. The summed E-state index contributed by atoms with van der Waals surface area (Å²) in [6.45, 7) is 3.53. The molecular formula is C13H17ClF3NO. The van der Waals surface area contributed by atoms with Gasteiger partial charge in [0.2, 0.25) is 0 Å². The van der Waals surface area contributed by atoms with E-state index in [-0.39, 0.29) is 23.7 Å². The highest BCUT2D eigenvalue weighted by Gasteiger charge is 2.35. The summed E-state index contributed by atoms with van der Waals surface area (Å²) in [5.41, 5.74) is 5.13. The van der Waals surface area contributed by atoms with E-state index in [1.165, 1.54) is 19.2 Å². The predicted octanol–water partition coefficient (Wildman–Crippen LogP) is 4.10. The molecule has 1 atom stereocenters. The molecule has 0 saturated carbocycles. The first kappa shape index (κ1) is 17.8. The summed E-state index contributed by atoms with van der Waals surface area (Å²) in [6.07, 6.45) is -1.80. The molecule has 6 heteroatoms. The quantitative estimate of drug-likeness (QED) is 0.830. The van der Waals surface area contributed by atoms with Crippen molar-refractivity contribution in [3.05, 3.63) is 42.0 Å². The topological polar surface area (TPSA) is 35.2 Å². The van der Waals surface area contributed by atoms with Crippen LogP contribution in [-0.4, -0.2) is 7.11 Å². The summed E-state index contributed by atoms with van der Waals surface area (Å²) >= 11 is 0. The van der Waals surface area contributed by atoms with Crippen molar-refractivity contribution in [2.24, 2.45) is 5.73 Å². The lowest BCUT2D eigenvalue weighted by molar-refractivity contribution is -0.138. The molecule has 108 valence electrons. The highest BCUT2D eigenvalue weighted by atomic mass is 35.5. The summed E-state index contributed by atoms with van der Waals surface area (Å²) < 4.78 is 43.6. The van der Waals surface area contributed by atoms with E-state index in [0.29, 0.717) is 12.8 Å². The zero-order chi connectivity index (χ0) is 13.8. The number of nitrogens with two attached hydrogens (primary N) is 1. The van der Waals surface area contributed by atoms with E-state index in [1.54, 1.807) is 6.08 Å². The first-order chi connectivity index (χ1) is 8.40. The second-order valence-corrected chi connectivity index (χ2v) is 3.92. The molecule has 2 N–H and O–H groups in total. The normalized spacial score (nSPS) is 12.5. The Kier molecular flexibility index (Phi) is 6.94. The van der Waals surface area contributed by atoms with Gasteiger partial charge in [0.25, 0.3) is 0 Å². The number of allylic oxidation sites excluding steroid dienone is 1. The van der Waals surface area contributed by atoms with Crippen LogP contribution in [0, 0.1) is 0 Å². The van der Waals surface area contributed by atoms with Gasteiger partial charge in [-0.15, -0.1) is 19.0 Å². The smallest absolute Gasteiger partial charge is 0.416 e. The summed E-state index contributed by atoms with van der Waals surface area (Å²) in [6, 6.07) is 3.17. The Hall–Kier alpha value is -1.20. The van der Waals surface area contributed by atoms with Gasteiger partial charge in [0.1, 0.15) is 5.75 Å². The van der Waals surface area contributed by atoms with E-state index in [0.717, 1.165) is 6.07 Å². The van der Waals surface area contributed by atoms with Gasteiger partial charge in [-0.25, -0.2) is 0 Å². The molecule has 0 saturated heterocycles. The van der Waals surface area contributed by atoms with Gasteiger partial charge in [0.15, 0.2) is 0 Å². The largest absolute Gasteiger partial charge is 0.497 e. The Bertz CT molecular complexity index is 421. The molecular weight excluding hydrogens is 279 g/mol. The van der Waals surface area contributed by atoms with Gasteiger partial charge < -0.3 is 10.5 Å². The average molecular weight is 296 g/mol. The minimum atomic E-state index is -4.43. The van der Waals surface area contributed by atoms with Crippen molar-refractivity contribution in [3.8, 4) is 5.75 Å². The molecule has 0 aliphatic heterocycles. The molecule has 0 heterocycles. The van der Waals surface area contributed by atoms with Crippen LogP contribution in [0.3, 0.4) is 0 Å². The molecule has 0 spiro atoms. The van der Waals surface area contributed by atoms with Crippen LogP contribution in [-0.2, 0) is 6.18 Å². The Labute approximate surface area is 116 Å². The van der Waals surface area contributed by atoms with E-state index in [2.05, 4.69) is 6.58 Å². The van der Waals surface area contributed by atoms with Gasteiger partial charge in [0, 0.05) is 6.04 Å². The number of halogens is 4. The van der Waals surface area contributed by atoms with E-state index >= 15 is 0 Å². The van der Waals surface area contributed by atoms with E-state index in [9.17, 15) is 13.2 Å². The van der Waals surface area contributed by atoms with Gasteiger partial charge in [-0.05, 0) is 30.5 Å². The summed E-state index contributed by atoms with van der Waals surface area (Å²) in [7, 11) is 1.33. The van der Waals surface area contributed by atoms with Crippen molar-refractivity contribution < 1.29 is 17.9 Å². The van der Waals surface area contributed by atoms with Crippen molar-refractivity contribution in [1.82, 2.24) is 0 Å². The Morgan fingerprint density at radius 3 is 2.53 bits per heavy atom. The minimum absolute atomic E-state index is 0. The SMILES string of the molecule is C=CCC[C@@H](N)c1ccc(OC)cc1C(F)(F)F.Cl.